The van der Waals surface area contributed by atoms with Crippen LogP contribution in [0.2, 0.25) is 0 Å². The van der Waals surface area contributed by atoms with E-state index in [4.69, 9.17) is 4.74 Å². The van der Waals surface area contributed by atoms with E-state index in [1.807, 2.05) is 44.4 Å². The van der Waals surface area contributed by atoms with E-state index in [1.54, 1.807) is 7.11 Å². The average Bonchev–Trinajstić information content (AvgIpc) is 3.14. The number of nitrogens with zero attached hydrogens (tertiary/aromatic N) is 2. The summed E-state index contributed by atoms with van der Waals surface area (Å²) < 4.78 is 7.91. The number of fused-ring (bicyclic) bond motifs is 1. The fraction of sp³-hybridized carbons (Fsp3) is 0.519. The van der Waals surface area contributed by atoms with Crippen LogP contribution in [0.5, 0.6) is 0 Å². The van der Waals surface area contributed by atoms with Gasteiger partial charge in [-0.2, -0.15) is 0 Å². The largest absolute Gasteiger partial charge is 0.381 e. The van der Waals surface area contributed by atoms with E-state index in [1.165, 1.54) is 11.8 Å². The number of nitrogens with one attached hydrogen (secondary N) is 1. The number of amides is 2. The molecule has 7 heteroatoms. The van der Waals surface area contributed by atoms with Gasteiger partial charge in [0.2, 0.25) is 0 Å². The highest BCUT2D eigenvalue weighted by Crippen LogP contribution is 2.38. The van der Waals surface area contributed by atoms with Gasteiger partial charge in [0.15, 0.2) is 0 Å². The highest BCUT2D eigenvalue weighted by atomic mass is 32.2. The number of thioether (sulfide) groups is 1. The normalized spacial score (nSPS) is 24.0. The molecule has 1 N–H and O–H groups in total. The molecular weight excluding hydrogens is 446 g/mol. The van der Waals surface area contributed by atoms with Crippen LogP contribution in [-0.4, -0.2) is 48.1 Å². The van der Waals surface area contributed by atoms with Gasteiger partial charge < -0.3 is 14.6 Å². The van der Waals surface area contributed by atoms with Crippen molar-refractivity contribution in [1.29, 1.82) is 0 Å². The molecule has 1 aromatic carbocycles. The van der Waals surface area contributed by atoms with Crippen molar-refractivity contribution in [2.45, 2.75) is 58.6 Å². The van der Waals surface area contributed by atoms with Gasteiger partial charge >= 0.3 is 0 Å². The van der Waals surface area contributed by atoms with Gasteiger partial charge in [-0.1, -0.05) is 18.2 Å². The number of carbonyl (C=O) groups excluding carboxylic acids is 2. The minimum Gasteiger partial charge on any atom is -0.381 e. The number of methoxy groups -OCH3 is 1. The smallest absolute Gasteiger partial charge is 0.255 e. The molecule has 4 rings (SSSR count). The van der Waals surface area contributed by atoms with Crippen molar-refractivity contribution in [3.05, 3.63) is 46.5 Å². The topological polar surface area (TPSA) is 72.7 Å². The number of hydrogen-bond donors (Lipinski definition) is 1. The Balaban J connectivity index is 1.59. The molecule has 1 aromatic heterocycles. The first-order chi connectivity index (χ1) is 16.3. The standard InChI is InChI=1S/C27H35N3O3S/c1-16-14-24(34-5)22(26(31)29-16)15-28-27(32)25-18(3)30(23-9-7-6-8-21(23)25)17(2)19-10-12-20(33-4)13-11-19/h6-9,14,17,19-20,22H,10-13,15H2,1-5H3,(H,28,32)/t17-,19?,20?,22?/m1/s1. The predicted octanol–water partition coefficient (Wildman–Crippen LogP) is 5.31. The molecule has 6 nitrogen and oxygen atoms in total. The van der Waals surface area contributed by atoms with Crippen molar-refractivity contribution in [2.75, 3.05) is 19.9 Å². The van der Waals surface area contributed by atoms with Gasteiger partial charge in [0.1, 0.15) is 0 Å². The van der Waals surface area contributed by atoms with Crippen molar-refractivity contribution < 1.29 is 14.3 Å². The van der Waals surface area contributed by atoms with Gasteiger partial charge in [-0.3, -0.25) is 9.59 Å². The lowest BCUT2D eigenvalue weighted by atomic mass is 9.83. The van der Waals surface area contributed by atoms with Crippen LogP contribution < -0.4 is 5.32 Å². The summed E-state index contributed by atoms with van der Waals surface area (Å²) in [6.45, 7) is 6.38. The molecule has 1 aliphatic carbocycles. The lowest BCUT2D eigenvalue weighted by Crippen LogP contribution is -2.35. The second kappa shape index (κ2) is 10.5. The molecule has 182 valence electrons. The van der Waals surface area contributed by atoms with E-state index >= 15 is 0 Å². The third-order valence-corrected chi connectivity index (χ3v) is 8.38. The van der Waals surface area contributed by atoms with Crippen LogP contribution in [0.4, 0.5) is 0 Å². The van der Waals surface area contributed by atoms with Crippen LogP contribution in [0.3, 0.4) is 0 Å². The van der Waals surface area contributed by atoms with Crippen molar-refractivity contribution in [2.24, 2.45) is 16.8 Å². The molecule has 2 atom stereocenters. The first-order valence-corrected chi connectivity index (χ1v) is 13.3. The zero-order valence-electron chi connectivity index (χ0n) is 20.8. The van der Waals surface area contributed by atoms with Gasteiger partial charge in [-0.15, -0.1) is 11.8 Å². The van der Waals surface area contributed by atoms with E-state index in [2.05, 4.69) is 27.9 Å². The Morgan fingerprint density at radius 2 is 1.94 bits per heavy atom. The first kappa shape index (κ1) is 24.7. The van der Waals surface area contributed by atoms with Gasteiger partial charge in [0, 0.05) is 46.9 Å². The Morgan fingerprint density at radius 3 is 2.62 bits per heavy atom. The van der Waals surface area contributed by atoms with Gasteiger partial charge in [0.25, 0.3) is 11.8 Å². The summed E-state index contributed by atoms with van der Waals surface area (Å²) in [6.07, 6.45) is 8.66. The molecule has 34 heavy (non-hydrogen) atoms. The molecule has 1 aliphatic heterocycles. The molecule has 2 heterocycles. The second-order valence-electron chi connectivity index (χ2n) is 9.47. The maximum atomic E-state index is 13.5. The number of benzene rings is 1. The fourth-order valence-corrected chi connectivity index (χ4v) is 6.36. The summed E-state index contributed by atoms with van der Waals surface area (Å²) >= 11 is 1.54. The van der Waals surface area contributed by atoms with E-state index in [0.717, 1.165) is 47.2 Å². The summed E-state index contributed by atoms with van der Waals surface area (Å²) in [5.74, 6) is -0.204. The lowest BCUT2D eigenvalue weighted by Gasteiger charge is -2.33. The summed E-state index contributed by atoms with van der Waals surface area (Å²) in [5.41, 5.74) is 3.48. The molecule has 0 bridgehead atoms. The highest BCUT2D eigenvalue weighted by molar-refractivity contribution is 8.02. The van der Waals surface area contributed by atoms with Crippen molar-refractivity contribution in [3.8, 4) is 0 Å². The zero-order valence-corrected chi connectivity index (χ0v) is 21.6. The number of aliphatic imine (C=N–C) groups is 1. The van der Waals surface area contributed by atoms with Crippen LogP contribution >= 0.6 is 11.8 Å². The third kappa shape index (κ3) is 4.73. The molecule has 0 spiro atoms. The number of aromatic nitrogens is 1. The number of ether oxygens (including phenoxy) is 1. The maximum absolute atomic E-state index is 13.5. The Bertz CT molecular complexity index is 1140. The van der Waals surface area contributed by atoms with Crippen molar-refractivity contribution >= 4 is 40.2 Å². The summed E-state index contributed by atoms with van der Waals surface area (Å²) in [5, 5.41) is 4.00. The molecule has 2 amide bonds. The quantitative estimate of drug-likeness (QED) is 0.582. The van der Waals surface area contributed by atoms with Crippen LogP contribution in [0, 0.1) is 18.8 Å². The minimum atomic E-state index is -0.425. The van der Waals surface area contributed by atoms with Gasteiger partial charge in [-0.25, -0.2) is 4.99 Å². The SMILES string of the molecule is COC1CCC([C@@H](C)n2c(C)c(C(=O)NCC3C(=O)N=C(C)C=C3SC)c3ccccc32)CC1. The summed E-state index contributed by atoms with van der Waals surface area (Å²) in [7, 11) is 1.80. The van der Waals surface area contributed by atoms with Crippen LogP contribution in [0.25, 0.3) is 10.9 Å². The van der Waals surface area contributed by atoms with Crippen LogP contribution in [-0.2, 0) is 9.53 Å². The van der Waals surface area contributed by atoms with E-state index in [0.29, 0.717) is 23.3 Å². The molecule has 2 aliphatic rings. The zero-order chi connectivity index (χ0) is 24.4. The van der Waals surface area contributed by atoms with Crippen molar-refractivity contribution in [3.63, 3.8) is 0 Å². The van der Waals surface area contributed by atoms with E-state index in [-0.39, 0.29) is 24.4 Å². The summed E-state index contributed by atoms with van der Waals surface area (Å²) in [6, 6.07) is 8.42. The van der Waals surface area contributed by atoms with Crippen LogP contribution in [0.15, 0.2) is 40.2 Å². The highest BCUT2D eigenvalue weighted by Gasteiger charge is 2.31. The predicted molar refractivity (Wildman–Crippen MR) is 140 cm³/mol. The molecule has 2 aromatic rings. The maximum Gasteiger partial charge on any atom is 0.255 e. The molecule has 1 fully saturated rings. The number of hydrogen-bond acceptors (Lipinski definition) is 4. The Hall–Kier alpha value is -2.38. The molecular formula is C27H35N3O3S. The minimum absolute atomic E-state index is 0.137. The first-order valence-electron chi connectivity index (χ1n) is 12.1. The Kier molecular flexibility index (Phi) is 7.63. The number of allylic oxidation sites excluding steroid dienone is 1. The molecule has 1 unspecified atom stereocenters. The number of para-hydroxylation sites is 1. The number of carbonyl (C=O) groups is 2. The van der Waals surface area contributed by atoms with E-state index < -0.39 is 5.92 Å². The van der Waals surface area contributed by atoms with Crippen LogP contribution in [0.1, 0.15) is 61.6 Å². The number of dihydropyridines is 1. The van der Waals surface area contributed by atoms with Gasteiger partial charge in [0.05, 0.1) is 17.6 Å². The lowest BCUT2D eigenvalue weighted by molar-refractivity contribution is -0.120. The second-order valence-corrected chi connectivity index (χ2v) is 10.3. The monoisotopic (exact) mass is 481 g/mol. The molecule has 0 radical (unpaired) electrons. The van der Waals surface area contributed by atoms with Gasteiger partial charge in [-0.05, 0) is 70.8 Å². The fourth-order valence-electron chi connectivity index (χ4n) is 5.60. The van der Waals surface area contributed by atoms with E-state index in [9.17, 15) is 9.59 Å². The van der Waals surface area contributed by atoms with Crippen molar-refractivity contribution in [1.82, 2.24) is 9.88 Å². The average molecular weight is 482 g/mol. The number of rotatable bonds is 7. The molecule has 0 saturated heterocycles. The third-order valence-electron chi connectivity index (χ3n) is 7.51. The molecule has 1 saturated carbocycles. The Labute approximate surface area is 206 Å². The summed E-state index contributed by atoms with van der Waals surface area (Å²) in [4.78, 5) is 31.0. The Morgan fingerprint density at radius 1 is 1.24 bits per heavy atom.